The second-order valence-corrected chi connectivity index (χ2v) is 6.25. The van der Waals surface area contributed by atoms with Crippen molar-refractivity contribution in [1.29, 1.82) is 0 Å². The maximum atomic E-state index is 12.0. The van der Waals surface area contributed by atoms with Crippen molar-refractivity contribution in [3.8, 4) is 5.75 Å². The first kappa shape index (κ1) is 15.3. The highest BCUT2D eigenvalue weighted by Crippen LogP contribution is 2.24. The van der Waals surface area contributed by atoms with Crippen LogP contribution < -0.4 is 9.46 Å². The Labute approximate surface area is 112 Å². The summed E-state index contributed by atoms with van der Waals surface area (Å²) in [4.78, 5) is 0.0864. The average molecular weight is 291 g/mol. The summed E-state index contributed by atoms with van der Waals surface area (Å²) in [5.41, 5.74) is 0.606. The second-order valence-electron chi connectivity index (χ2n) is 3.53. The van der Waals surface area contributed by atoms with Crippen molar-refractivity contribution in [2.75, 3.05) is 25.7 Å². The van der Waals surface area contributed by atoms with E-state index in [2.05, 4.69) is 4.72 Å². The lowest BCUT2D eigenvalue weighted by Crippen LogP contribution is -2.26. The van der Waals surface area contributed by atoms with Crippen LogP contribution in [0.3, 0.4) is 0 Å². The maximum absolute atomic E-state index is 12.0. The summed E-state index contributed by atoms with van der Waals surface area (Å²) in [6.07, 6.45) is 1.91. The molecule has 0 bridgehead atoms. The van der Waals surface area contributed by atoms with Crippen LogP contribution >= 0.6 is 11.8 Å². The van der Waals surface area contributed by atoms with Crippen molar-refractivity contribution in [3.63, 3.8) is 0 Å². The molecule has 18 heavy (non-hydrogen) atoms. The number of aliphatic hydroxyl groups is 1. The quantitative estimate of drug-likeness (QED) is 0.728. The molecule has 102 valence electrons. The zero-order chi connectivity index (χ0) is 13.6. The van der Waals surface area contributed by atoms with Crippen LogP contribution in [0.4, 0.5) is 0 Å². The van der Waals surface area contributed by atoms with E-state index in [4.69, 9.17) is 9.84 Å². The van der Waals surface area contributed by atoms with E-state index in [1.165, 1.54) is 19.2 Å². The van der Waals surface area contributed by atoms with Gasteiger partial charge in [0.1, 0.15) is 10.6 Å². The number of hydrogen-bond donors (Lipinski definition) is 2. The zero-order valence-corrected chi connectivity index (χ0v) is 12.0. The molecule has 0 heterocycles. The second kappa shape index (κ2) is 6.98. The number of thioether (sulfide) groups is 1. The topological polar surface area (TPSA) is 75.6 Å². The van der Waals surface area contributed by atoms with Gasteiger partial charge < -0.3 is 9.84 Å². The van der Waals surface area contributed by atoms with E-state index in [0.717, 1.165) is 0 Å². The first-order chi connectivity index (χ1) is 8.55. The van der Waals surface area contributed by atoms with Gasteiger partial charge in [0.15, 0.2) is 0 Å². The molecular weight excluding hydrogens is 274 g/mol. The van der Waals surface area contributed by atoms with Gasteiger partial charge in [-0.15, -0.1) is 0 Å². The third-order valence-electron chi connectivity index (χ3n) is 2.30. The zero-order valence-electron chi connectivity index (χ0n) is 10.3. The number of sulfonamides is 1. The molecule has 0 aliphatic heterocycles. The number of ether oxygens (including phenoxy) is 1. The van der Waals surface area contributed by atoms with Crippen molar-refractivity contribution < 1.29 is 18.3 Å². The molecule has 0 atom stereocenters. The molecule has 1 aromatic rings. The van der Waals surface area contributed by atoms with Crippen LogP contribution in [-0.2, 0) is 16.6 Å². The Balaban J connectivity index is 3.00. The summed E-state index contributed by atoms with van der Waals surface area (Å²) < 4.78 is 31.6. The number of methoxy groups -OCH3 is 1. The fraction of sp³-hybridized carbons (Fsp3) is 0.455. The molecule has 0 saturated carbocycles. The lowest BCUT2D eigenvalue weighted by molar-refractivity contribution is 0.280. The number of hydrogen-bond acceptors (Lipinski definition) is 5. The smallest absolute Gasteiger partial charge is 0.244 e. The van der Waals surface area contributed by atoms with Gasteiger partial charge in [-0.05, 0) is 24.0 Å². The van der Waals surface area contributed by atoms with Crippen LogP contribution in [0, 0.1) is 0 Å². The van der Waals surface area contributed by atoms with E-state index < -0.39 is 10.0 Å². The monoisotopic (exact) mass is 291 g/mol. The summed E-state index contributed by atoms with van der Waals surface area (Å²) in [6, 6.07) is 4.51. The fourth-order valence-corrected chi connectivity index (χ4v) is 3.00. The lowest BCUT2D eigenvalue weighted by atomic mass is 10.2. The minimum atomic E-state index is -3.57. The normalized spacial score (nSPS) is 11.5. The van der Waals surface area contributed by atoms with Crippen LogP contribution in [0.5, 0.6) is 5.75 Å². The van der Waals surface area contributed by atoms with Crippen LogP contribution in [0.15, 0.2) is 23.1 Å². The average Bonchev–Trinajstić information content (AvgIpc) is 2.38. The van der Waals surface area contributed by atoms with Crippen LogP contribution in [-0.4, -0.2) is 39.2 Å². The molecule has 5 nitrogen and oxygen atoms in total. The summed E-state index contributed by atoms with van der Waals surface area (Å²) in [6.45, 7) is 0.213. The number of benzene rings is 1. The Morgan fingerprint density at radius 2 is 2.17 bits per heavy atom. The molecular formula is C11H17NO4S2. The Bertz CT molecular complexity index is 488. The Morgan fingerprint density at radius 3 is 2.72 bits per heavy atom. The van der Waals surface area contributed by atoms with Gasteiger partial charge in [0.05, 0.1) is 13.7 Å². The van der Waals surface area contributed by atoms with Crippen molar-refractivity contribution in [3.05, 3.63) is 23.8 Å². The van der Waals surface area contributed by atoms with Gasteiger partial charge in [0, 0.05) is 12.3 Å². The van der Waals surface area contributed by atoms with Crippen LogP contribution in [0.2, 0.25) is 0 Å². The van der Waals surface area contributed by atoms with E-state index >= 15 is 0 Å². The van der Waals surface area contributed by atoms with Gasteiger partial charge in [-0.3, -0.25) is 0 Å². The largest absolute Gasteiger partial charge is 0.495 e. The molecule has 0 amide bonds. The van der Waals surface area contributed by atoms with Crippen molar-refractivity contribution in [2.45, 2.75) is 11.5 Å². The van der Waals surface area contributed by atoms with Crippen molar-refractivity contribution in [2.24, 2.45) is 0 Å². The highest BCUT2D eigenvalue weighted by atomic mass is 32.2. The predicted molar refractivity (Wildman–Crippen MR) is 72.5 cm³/mol. The first-order valence-corrected chi connectivity index (χ1v) is 8.19. The molecule has 0 aromatic heterocycles. The minimum absolute atomic E-state index is 0.0864. The molecule has 0 fully saturated rings. The summed E-state index contributed by atoms with van der Waals surface area (Å²) >= 11 is 1.56. The van der Waals surface area contributed by atoms with E-state index in [0.29, 0.717) is 17.9 Å². The number of aliphatic hydroxyl groups excluding tert-OH is 1. The van der Waals surface area contributed by atoms with E-state index in [9.17, 15) is 8.42 Å². The molecule has 7 heteroatoms. The van der Waals surface area contributed by atoms with Crippen LogP contribution in [0.1, 0.15) is 5.56 Å². The van der Waals surface area contributed by atoms with E-state index in [-0.39, 0.29) is 17.3 Å². The number of nitrogens with one attached hydrogen (secondary N) is 1. The Kier molecular flexibility index (Phi) is 5.94. The first-order valence-electron chi connectivity index (χ1n) is 5.31. The van der Waals surface area contributed by atoms with Crippen molar-refractivity contribution >= 4 is 21.8 Å². The highest BCUT2D eigenvalue weighted by molar-refractivity contribution is 7.98. The van der Waals surface area contributed by atoms with Gasteiger partial charge in [-0.1, -0.05) is 6.07 Å². The number of rotatable bonds is 7. The van der Waals surface area contributed by atoms with Gasteiger partial charge in [0.2, 0.25) is 10.0 Å². The summed E-state index contributed by atoms with van der Waals surface area (Å²) in [5.74, 6) is 0.939. The van der Waals surface area contributed by atoms with Gasteiger partial charge in [-0.25, -0.2) is 13.1 Å². The molecule has 2 N–H and O–H groups in total. The standard InChI is InChI=1S/C11H17NO4S2/c1-16-10-7-9(8-13)3-4-11(10)18(14,15)12-5-6-17-2/h3-4,7,12-13H,5-6,8H2,1-2H3. The Morgan fingerprint density at radius 1 is 1.44 bits per heavy atom. The molecule has 0 aliphatic carbocycles. The molecule has 1 aromatic carbocycles. The van der Waals surface area contributed by atoms with E-state index in [1.807, 2.05) is 6.26 Å². The van der Waals surface area contributed by atoms with Gasteiger partial charge in [0.25, 0.3) is 0 Å². The third-order valence-corrected chi connectivity index (χ3v) is 4.41. The third kappa shape index (κ3) is 3.88. The van der Waals surface area contributed by atoms with Gasteiger partial charge >= 0.3 is 0 Å². The SMILES string of the molecule is COc1cc(CO)ccc1S(=O)(=O)NCCSC. The lowest BCUT2D eigenvalue weighted by Gasteiger charge is -2.11. The summed E-state index contributed by atoms with van der Waals surface area (Å²) in [5, 5.41) is 9.00. The molecule has 0 unspecified atom stereocenters. The van der Waals surface area contributed by atoms with E-state index in [1.54, 1.807) is 17.8 Å². The molecule has 0 spiro atoms. The molecule has 0 aliphatic rings. The Hall–Kier alpha value is -0.760. The minimum Gasteiger partial charge on any atom is -0.495 e. The predicted octanol–water partition coefficient (Wildman–Crippen LogP) is 0.829. The highest BCUT2D eigenvalue weighted by Gasteiger charge is 2.19. The fourth-order valence-electron chi connectivity index (χ4n) is 1.39. The van der Waals surface area contributed by atoms with Crippen molar-refractivity contribution in [1.82, 2.24) is 4.72 Å². The van der Waals surface area contributed by atoms with Crippen LogP contribution in [0.25, 0.3) is 0 Å². The summed E-state index contributed by atoms with van der Waals surface area (Å²) in [7, 11) is -2.17. The maximum Gasteiger partial charge on any atom is 0.244 e. The molecule has 0 radical (unpaired) electrons. The van der Waals surface area contributed by atoms with Gasteiger partial charge in [-0.2, -0.15) is 11.8 Å². The molecule has 1 rings (SSSR count). The molecule has 0 saturated heterocycles.